The Hall–Kier alpha value is -2.39. The van der Waals surface area contributed by atoms with Crippen molar-refractivity contribution in [2.75, 3.05) is 20.1 Å². The van der Waals surface area contributed by atoms with Gasteiger partial charge in [-0.2, -0.15) is 0 Å². The standard InChI is InChI=1S/C14H16FN3O2/c1-17-13(19)6-8-18-14(20)11-9-10(3-2-7-16)4-5-12(11)15/h4-5,9H,6-8,16H2,1H3,(H,17,19)(H,18,20). The summed E-state index contributed by atoms with van der Waals surface area (Å²) >= 11 is 0. The SMILES string of the molecule is CNC(=O)CCNC(=O)c1cc(C#CCN)ccc1F. The zero-order valence-electron chi connectivity index (χ0n) is 11.1. The van der Waals surface area contributed by atoms with Gasteiger partial charge in [-0.15, -0.1) is 0 Å². The van der Waals surface area contributed by atoms with Crippen molar-refractivity contribution in [3.8, 4) is 11.8 Å². The second kappa shape index (κ2) is 7.92. The van der Waals surface area contributed by atoms with Crippen LogP contribution in [0, 0.1) is 17.7 Å². The number of benzene rings is 1. The number of hydrogen-bond acceptors (Lipinski definition) is 3. The Morgan fingerprint density at radius 3 is 2.80 bits per heavy atom. The lowest BCUT2D eigenvalue weighted by molar-refractivity contribution is -0.120. The van der Waals surface area contributed by atoms with Crippen molar-refractivity contribution < 1.29 is 14.0 Å². The summed E-state index contributed by atoms with van der Waals surface area (Å²) in [5, 5.41) is 4.90. The van der Waals surface area contributed by atoms with Gasteiger partial charge in [0.15, 0.2) is 0 Å². The fourth-order valence-electron chi connectivity index (χ4n) is 1.44. The van der Waals surface area contributed by atoms with Gasteiger partial charge in [-0.25, -0.2) is 4.39 Å². The first kappa shape index (κ1) is 15.7. The van der Waals surface area contributed by atoms with Crippen LogP contribution in [0.3, 0.4) is 0 Å². The molecule has 20 heavy (non-hydrogen) atoms. The Balaban J connectivity index is 2.74. The van der Waals surface area contributed by atoms with Crippen molar-refractivity contribution >= 4 is 11.8 Å². The van der Waals surface area contributed by atoms with E-state index in [4.69, 9.17) is 5.73 Å². The molecule has 0 spiro atoms. The average Bonchev–Trinajstić information content (AvgIpc) is 2.45. The highest BCUT2D eigenvalue weighted by Crippen LogP contribution is 2.10. The highest BCUT2D eigenvalue weighted by Gasteiger charge is 2.12. The Labute approximate surface area is 116 Å². The maximum atomic E-state index is 13.6. The summed E-state index contributed by atoms with van der Waals surface area (Å²) in [5.41, 5.74) is 5.65. The van der Waals surface area contributed by atoms with E-state index in [-0.39, 0.29) is 31.0 Å². The molecule has 1 aromatic carbocycles. The third-order valence-electron chi connectivity index (χ3n) is 2.46. The largest absolute Gasteiger partial charge is 0.359 e. The highest BCUT2D eigenvalue weighted by molar-refractivity contribution is 5.95. The van der Waals surface area contributed by atoms with Gasteiger partial charge in [0, 0.05) is 25.6 Å². The molecule has 0 atom stereocenters. The quantitative estimate of drug-likeness (QED) is 0.677. The molecule has 0 fully saturated rings. The van der Waals surface area contributed by atoms with Crippen LogP contribution in [-0.4, -0.2) is 32.0 Å². The van der Waals surface area contributed by atoms with E-state index in [0.717, 1.165) is 0 Å². The van der Waals surface area contributed by atoms with E-state index in [0.29, 0.717) is 5.56 Å². The molecule has 0 aliphatic heterocycles. The van der Waals surface area contributed by atoms with E-state index in [9.17, 15) is 14.0 Å². The molecule has 0 unspecified atom stereocenters. The molecule has 2 amide bonds. The Bertz CT molecular complexity index is 561. The molecule has 0 bridgehead atoms. The lowest BCUT2D eigenvalue weighted by Crippen LogP contribution is -2.29. The van der Waals surface area contributed by atoms with E-state index in [2.05, 4.69) is 22.5 Å². The van der Waals surface area contributed by atoms with Crippen LogP contribution >= 0.6 is 0 Å². The molecule has 0 radical (unpaired) electrons. The molecule has 106 valence electrons. The smallest absolute Gasteiger partial charge is 0.254 e. The Morgan fingerprint density at radius 2 is 2.15 bits per heavy atom. The fraction of sp³-hybridized carbons (Fsp3) is 0.286. The summed E-state index contributed by atoms with van der Waals surface area (Å²) in [7, 11) is 1.50. The summed E-state index contributed by atoms with van der Waals surface area (Å²) in [4.78, 5) is 22.8. The van der Waals surface area contributed by atoms with Gasteiger partial charge in [0.2, 0.25) is 5.91 Å². The maximum absolute atomic E-state index is 13.6. The predicted octanol–water partition coefficient (Wildman–Crippen LogP) is 0.00180. The number of nitrogens with two attached hydrogens (primary N) is 1. The van der Waals surface area contributed by atoms with Gasteiger partial charge < -0.3 is 16.4 Å². The minimum absolute atomic E-state index is 0.106. The molecule has 1 aromatic rings. The van der Waals surface area contributed by atoms with Gasteiger partial charge in [0.25, 0.3) is 5.91 Å². The first-order valence-electron chi connectivity index (χ1n) is 6.05. The fourth-order valence-corrected chi connectivity index (χ4v) is 1.44. The predicted molar refractivity (Wildman–Crippen MR) is 73.3 cm³/mol. The molecular formula is C14H16FN3O2. The van der Waals surface area contributed by atoms with E-state index in [1.165, 1.54) is 25.2 Å². The van der Waals surface area contributed by atoms with Crippen LogP contribution in [0.15, 0.2) is 18.2 Å². The van der Waals surface area contributed by atoms with E-state index in [1.54, 1.807) is 0 Å². The van der Waals surface area contributed by atoms with E-state index in [1.807, 2.05) is 0 Å². The minimum atomic E-state index is -0.638. The zero-order chi connectivity index (χ0) is 15.0. The number of nitrogens with one attached hydrogen (secondary N) is 2. The summed E-state index contributed by atoms with van der Waals surface area (Å²) in [6, 6.07) is 4.00. The van der Waals surface area contributed by atoms with E-state index < -0.39 is 11.7 Å². The normalized spacial score (nSPS) is 9.35. The molecule has 0 aromatic heterocycles. The van der Waals surface area contributed by atoms with Crippen molar-refractivity contribution in [1.82, 2.24) is 10.6 Å². The summed E-state index contributed by atoms with van der Waals surface area (Å²) in [6.07, 6.45) is 0.135. The molecule has 6 heteroatoms. The molecule has 5 nitrogen and oxygen atoms in total. The van der Waals surface area contributed by atoms with Crippen molar-refractivity contribution in [1.29, 1.82) is 0 Å². The second-order valence-corrected chi connectivity index (χ2v) is 3.88. The van der Waals surface area contributed by atoms with Crippen LogP contribution in [0.1, 0.15) is 22.3 Å². The van der Waals surface area contributed by atoms with Crippen LogP contribution in [-0.2, 0) is 4.79 Å². The molecule has 0 aliphatic rings. The van der Waals surface area contributed by atoms with Gasteiger partial charge in [0.05, 0.1) is 12.1 Å². The Kier molecular flexibility index (Phi) is 6.20. The van der Waals surface area contributed by atoms with Crippen molar-refractivity contribution in [3.63, 3.8) is 0 Å². The van der Waals surface area contributed by atoms with Gasteiger partial charge in [-0.3, -0.25) is 9.59 Å². The molecule has 0 saturated heterocycles. The first-order chi connectivity index (χ1) is 9.58. The number of carbonyl (C=O) groups excluding carboxylic acids is 2. The van der Waals surface area contributed by atoms with E-state index >= 15 is 0 Å². The average molecular weight is 277 g/mol. The number of hydrogen-bond donors (Lipinski definition) is 3. The third-order valence-corrected chi connectivity index (χ3v) is 2.46. The molecular weight excluding hydrogens is 261 g/mol. The summed E-state index contributed by atoms with van der Waals surface area (Å²) in [6.45, 7) is 0.321. The summed E-state index contributed by atoms with van der Waals surface area (Å²) < 4.78 is 13.6. The summed E-state index contributed by atoms with van der Waals surface area (Å²) in [5.74, 6) is 3.93. The lowest BCUT2D eigenvalue weighted by atomic mass is 10.1. The zero-order valence-corrected chi connectivity index (χ0v) is 11.1. The highest BCUT2D eigenvalue weighted by atomic mass is 19.1. The van der Waals surface area contributed by atoms with Gasteiger partial charge >= 0.3 is 0 Å². The molecule has 0 aliphatic carbocycles. The van der Waals surface area contributed by atoms with Crippen LogP contribution in [0.4, 0.5) is 4.39 Å². The second-order valence-electron chi connectivity index (χ2n) is 3.88. The maximum Gasteiger partial charge on any atom is 0.254 e. The monoisotopic (exact) mass is 277 g/mol. The van der Waals surface area contributed by atoms with Gasteiger partial charge in [0.1, 0.15) is 5.82 Å². The molecule has 4 N–H and O–H groups in total. The Morgan fingerprint density at radius 1 is 1.40 bits per heavy atom. The van der Waals surface area contributed by atoms with Crippen molar-refractivity contribution in [2.24, 2.45) is 5.73 Å². The minimum Gasteiger partial charge on any atom is -0.359 e. The number of rotatable bonds is 4. The number of halogens is 1. The van der Waals surface area contributed by atoms with Gasteiger partial charge in [-0.05, 0) is 18.2 Å². The third kappa shape index (κ3) is 4.71. The molecule has 1 rings (SSSR count). The van der Waals surface area contributed by atoms with Crippen LogP contribution in [0.2, 0.25) is 0 Å². The number of carbonyl (C=O) groups is 2. The van der Waals surface area contributed by atoms with Crippen molar-refractivity contribution in [2.45, 2.75) is 6.42 Å². The first-order valence-corrected chi connectivity index (χ1v) is 6.05. The molecule has 0 saturated carbocycles. The van der Waals surface area contributed by atoms with Crippen LogP contribution in [0.25, 0.3) is 0 Å². The topological polar surface area (TPSA) is 84.2 Å². The van der Waals surface area contributed by atoms with Crippen LogP contribution < -0.4 is 16.4 Å². The lowest BCUT2D eigenvalue weighted by Gasteiger charge is -2.06. The van der Waals surface area contributed by atoms with Crippen LogP contribution in [0.5, 0.6) is 0 Å². The van der Waals surface area contributed by atoms with Crippen molar-refractivity contribution in [3.05, 3.63) is 35.1 Å². The number of amides is 2. The van der Waals surface area contributed by atoms with Gasteiger partial charge in [-0.1, -0.05) is 11.8 Å². The molecule has 0 heterocycles.